The fraction of sp³-hybridized carbons (Fsp3) is 0.900. The predicted molar refractivity (Wildman–Crippen MR) is 53.6 cm³/mol. The van der Waals surface area contributed by atoms with Crippen LogP contribution in [-0.4, -0.2) is 48.4 Å². The van der Waals surface area contributed by atoms with Gasteiger partial charge in [-0.05, 0) is 13.0 Å². The highest BCUT2D eigenvalue weighted by Crippen LogP contribution is 2.03. The summed E-state index contributed by atoms with van der Waals surface area (Å²) in [6.45, 7) is 9.01. The first kappa shape index (κ1) is 10.5. The van der Waals surface area contributed by atoms with Crippen molar-refractivity contribution in [2.45, 2.75) is 26.7 Å². The fourth-order valence-electron chi connectivity index (χ4n) is 1.67. The number of carbonyl (C=O) groups excluding carboxylic acids is 1. The molecule has 0 aliphatic carbocycles. The van der Waals surface area contributed by atoms with Gasteiger partial charge in [0.05, 0.1) is 0 Å². The van der Waals surface area contributed by atoms with Crippen molar-refractivity contribution < 1.29 is 4.79 Å². The van der Waals surface area contributed by atoms with Gasteiger partial charge in [-0.2, -0.15) is 0 Å². The van der Waals surface area contributed by atoms with Gasteiger partial charge < -0.3 is 4.90 Å². The average molecular weight is 184 g/mol. The zero-order chi connectivity index (χ0) is 9.68. The van der Waals surface area contributed by atoms with Gasteiger partial charge in [0.2, 0.25) is 5.91 Å². The van der Waals surface area contributed by atoms with Gasteiger partial charge in [0.25, 0.3) is 0 Å². The Labute approximate surface area is 80.7 Å². The smallest absolute Gasteiger partial charge is 0.219 e. The van der Waals surface area contributed by atoms with Gasteiger partial charge in [0.1, 0.15) is 0 Å². The minimum absolute atomic E-state index is 0.218. The maximum absolute atomic E-state index is 11.0. The van der Waals surface area contributed by atoms with Crippen LogP contribution in [0, 0.1) is 0 Å². The summed E-state index contributed by atoms with van der Waals surface area (Å²) >= 11 is 0. The second-order valence-electron chi connectivity index (χ2n) is 3.70. The third kappa shape index (κ3) is 3.35. The minimum Gasteiger partial charge on any atom is -0.340 e. The Morgan fingerprint density at radius 3 is 2.31 bits per heavy atom. The molecule has 76 valence electrons. The van der Waals surface area contributed by atoms with Crippen LogP contribution in [0.2, 0.25) is 0 Å². The molecule has 1 fully saturated rings. The molecule has 13 heavy (non-hydrogen) atoms. The second kappa shape index (κ2) is 5.22. The van der Waals surface area contributed by atoms with E-state index in [-0.39, 0.29) is 5.91 Å². The topological polar surface area (TPSA) is 23.6 Å². The number of amides is 1. The molecule has 0 bridgehead atoms. The van der Waals surface area contributed by atoms with Gasteiger partial charge in [-0.3, -0.25) is 9.69 Å². The summed E-state index contributed by atoms with van der Waals surface area (Å²) in [6.07, 6.45) is 2.53. The Kier molecular flexibility index (Phi) is 4.22. The lowest BCUT2D eigenvalue weighted by molar-refractivity contribution is -0.130. The molecule has 1 amide bonds. The summed E-state index contributed by atoms with van der Waals surface area (Å²) in [5, 5.41) is 0. The van der Waals surface area contributed by atoms with E-state index in [4.69, 9.17) is 0 Å². The number of piperazine rings is 1. The van der Waals surface area contributed by atoms with Gasteiger partial charge in [-0.1, -0.05) is 13.3 Å². The lowest BCUT2D eigenvalue weighted by Gasteiger charge is -2.34. The molecule has 0 saturated carbocycles. The van der Waals surface area contributed by atoms with Crippen LogP contribution in [-0.2, 0) is 4.79 Å². The summed E-state index contributed by atoms with van der Waals surface area (Å²) in [5.74, 6) is 0.218. The highest BCUT2D eigenvalue weighted by Gasteiger charge is 2.17. The van der Waals surface area contributed by atoms with Crippen molar-refractivity contribution in [2.75, 3.05) is 32.7 Å². The Hall–Kier alpha value is -0.570. The first-order valence-electron chi connectivity index (χ1n) is 5.22. The van der Waals surface area contributed by atoms with Gasteiger partial charge in [-0.25, -0.2) is 0 Å². The Balaban J connectivity index is 2.18. The molecule has 0 atom stereocenters. The maximum atomic E-state index is 11.0. The van der Waals surface area contributed by atoms with E-state index in [9.17, 15) is 4.79 Å². The zero-order valence-corrected chi connectivity index (χ0v) is 8.75. The van der Waals surface area contributed by atoms with Gasteiger partial charge in [0, 0.05) is 33.1 Å². The van der Waals surface area contributed by atoms with Crippen LogP contribution in [0.1, 0.15) is 26.7 Å². The summed E-state index contributed by atoms with van der Waals surface area (Å²) in [4.78, 5) is 15.4. The molecule has 1 aliphatic rings. The van der Waals surface area contributed by atoms with Crippen molar-refractivity contribution in [1.82, 2.24) is 9.80 Å². The Bertz CT molecular complexity index is 162. The first-order chi connectivity index (χ1) is 6.24. The van der Waals surface area contributed by atoms with Crippen molar-refractivity contribution >= 4 is 5.91 Å². The lowest BCUT2D eigenvalue weighted by atomic mass is 10.2. The number of carbonyl (C=O) groups is 1. The van der Waals surface area contributed by atoms with E-state index >= 15 is 0 Å². The SMILES string of the molecule is CCCCN1CCN(C(C)=O)CC1. The Morgan fingerprint density at radius 1 is 1.23 bits per heavy atom. The highest BCUT2D eigenvalue weighted by atomic mass is 16.2. The molecule has 0 unspecified atom stereocenters. The van der Waals surface area contributed by atoms with E-state index in [0.717, 1.165) is 26.2 Å². The molecule has 3 nitrogen and oxygen atoms in total. The van der Waals surface area contributed by atoms with E-state index in [2.05, 4.69) is 11.8 Å². The molecule has 0 aromatic heterocycles. The van der Waals surface area contributed by atoms with Crippen molar-refractivity contribution in [1.29, 1.82) is 0 Å². The van der Waals surface area contributed by atoms with Gasteiger partial charge in [-0.15, -0.1) is 0 Å². The average Bonchev–Trinajstić information content (AvgIpc) is 2.15. The van der Waals surface area contributed by atoms with E-state index in [0.29, 0.717) is 0 Å². The monoisotopic (exact) mass is 184 g/mol. The van der Waals surface area contributed by atoms with Crippen LogP contribution in [0.25, 0.3) is 0 Å². The van der Waals surface area contributed by atoms with E-state index < -0.39 is 0 Å². The van der Waals surface area contributed by atoms with Crippen LogP contribution in [0.15, 0.2) is 0 Å². The third-order valence-electron chi connectivity index (χ3n) is 2.65. The molecule has 0 aromatic rings. The molecule has 1 saturated heterocycles. The predicted octanol–water partition coefficient (Wildman–Crippen LogP) is 0.951. The number of unbranched alkanes of at least 4 members (excludes halogenated alkanes) is 1. The number of nitrogens with zero attached hydrogens (tertiary/aromatic N) is 2. The van der Waals surface area contributed by atoms with Crippen LogP contribution in [0.3, 0.4) is 0 Å². The molecule has 0 radical (unpaired) electrons. The zero-order valence-electron chi connectivity index (χ0n) is 8.75. The van der Waals surface area contributed by atoms with Crippen molar-refractivity contribution in [2.24, 2.45) is 0 Å². The summed E-state index contributed by atoms with van der Waals surface area (Å²) in [6, 6.07) is 0. The molecule has 0 aromatic carbocycles. The third-order valence-corrected chi connectivity index (χ3v) is 2.65. The van der Waals surface area contributed by atoms with Crippen molar-refractivity contribution in [3.05, 3.63) is 0 Å². The van der Waals surface area contributed by atoms with Crippen LogP contribution in [0.5, 0.6) is 0 Å². The summed E-state index contributed by atoms with van der Waals surface area (Å²) in [5.41, 5.74) is 0. The van der Waals surface area contributed by atoms with Crippen LogP contribution < -0.4 is 0 Å². The van der Waals surface area contributed by atoms with E-state index in [1.165, 1.54) is 19.4 Å². The number of hydrogen-bond donors (Lipinski definition) is 0. The van der Waals surface area contributed by atoms with E-state index in [1.54, 1.807) is 6.92 Å². The quantitative estimate of drug-likeness (QED) is 0.652. The summed E-state index contributed by atoms with van der Waals surface area (Å²) < 4.78 is 0. The van der Waals surface area contributed by atoms with Gasteiger partial charge in [0.15, 0.2) is 0 Å². The molecule has 0 N–H and O–H groups in total. The normalized spacial score (nSPS) is 19.1. The van der Waals surface area contributed by atoms with Crippen molar-refractivity contribution in [3.8, 4) is 0 Å². The maximum Gasteiger partial charge on any atom is 0.219 e. The Morgan fingerprint density at radius 2 is 1.85 bits per heavy atom. The minimum atomic E-state index is 0.218. The molecule has 1 heterocycles. The molecular formula is C10H20N2O. The van der Waals surface area contributed by atoms with Crippen LogP contribution in [0.4, 0.5) is 0 Å². The second-order valence-corrected chi connectivity index (χ2v) is 3.70. The first-order valence-corrected chi connectivity index (χ1v) is 5.22. The fourth-order valence-corrected chi connectivity index (χ4v) is 1.67. The summed E-state index contributed by atoms with van der Waals surface area (Å²) in [7, 11) is 0. The molecule has 3 heteroatoms. The molecule has 1 rings (SSSR count). The number of rotatable bonds is 3. The van der Waals surface area contributed by atoms with Gasteiger partial charge >= 0.3 is 0 Å². The number of hydrogen-bond acceptors (Lipinski definition) is 2. The molecule has 1 aliphatic heterocycles. The highest BCUT2D eigenvalue weighted by molar-refractivity contribution is 5.73. The standard InChI is InChI=1S/C10H20N2O/c1-3-4-5-11-6-8-12(9-7-11)10(2)13/h3-9H2,1-2H3. The van der Waals surface area contributed by atoms with E-state index in [1.807, 2.05) is 4.90 Å². The van der Waals surface area contributed by atoms with Crippen LogP contribution >= 0.6 is 0 Å². The molecular weight excluding hydrogens is 164 g/mol. The molecule has 0 spiro atoms. The largest absolute Gasteiger partial charge is 0.340 e. The van der Waals surface area contributed by atoms with Crippen molar-refractivity contribution in [3.63, 3.8) is 0 Å². The lowest BCUT2D eigenvalue weighted by Crippen LogP contribution is -2.48.